The molecule has 0 aromatic heterocycles. The lowest BCUT2D eigenvalue weighted by molar-refractivity contribution is 0.206. The van der Waals surface area contributed by atoms with E-state index < -0.39 is 10.2 Å². The number of likely N-dealkylation sites (tertiary alicyclic amines) is 1. The lowest BCUT2D eigenvalue weighted by Gasteiger charge is -2.39. The van der Waals surface area contributed by atoms with Crippen LogP contribution in [-0.4, -0.2) is 38.7 Å². The maximum atomic E-state index is 12.5. The van der Waals surface area contributed by atoms with E-state index in [9.17, 15) is 8.42 Å². The Morgan fingerprint density at radius 1 is 0.960 bits per heavy atom. The van der Waals surface area contributed by atoms with Crippen LogP contribution in [-0.2, 0) is 16.8 Å². The van der Waals surface area contributed by atoms with Crippen LogP contribution < -0.4 is 4.31 Å². The van der Waals surface area contributed by atoms with Crippen molar-refractivity contribution in [2.75, 3.05) is 17.4 Å². The van der Waals surface area contributed by atoms with Gasteiger partial charge in [-0.15, -0.1) is 0 Å². The number of piperidine rings is 1. The summed E-state index contributed by atoms with van der Waals surface area (Å²) in [6.07, 6.45) is 3.08. The van der Waals surface area contributed by atoms with Crippen LogP contribution in [0.4, 0.5) is 5.69 Å². The number of hydrogen-bond acceptors (Lipinski definition) is 3. The molecule has 0 atom stereocenters. The Labute approximate surface area is 148 Å². The highest BCUT2D eigenvalue weighted by Crippen LogP contribution is 2.32. The predicted octanol–water partition coefficient (Wildman–Crippen LogP) is 2.83. The van der Waals surface area contributed by atoms with Gasteiger partial charge in [-0.25, -0.2) is 4.31 Å². The molecule has 0 amide bonds. The number of rotatable bonds is 3. The van der Waals surface area contributed by atoms with Crippen LogP contribution in [0.5, 0.6) is 0 Å². The van der Waals surface area contributed by atoms with Gasteiger partial charge in [0.1, 0.15) is 0 Å². The molecule has 2 aromatic rings. The second kappa shape index (κ2) is 6.61. The number of benzene rings is 2. The van der Waals surface area contributed by atoms with E-state index >= 15 is 0 Å². The van der Waals surface area contributed by atoms with E-state index in [1.807, 2.05) is 30.3 Å². The SMILES string of the molecule is O=S1(=O)N=Cc2ccccc2N1C1CCN(Cc2ccccc2)CC1. The second-order valence-corrected chi connectivity index (χ2v) is 8.06. The topological polar surface area (TPSA) is 53.0 Å². The highest BCUT2D eigenvalue weighted by atomic mass is 32.2. The van der Waals surface area contributed by atoms with Gasteiger partial charge in [0.15, 0.2) is 0 Å². The second-order valence-electron chi connectivity index (χ2n) is 6.56. The van der Waals surface area contributed by atoms with E-state index in [4.69, 9.17) is 0 Å². The van der Waals surface area contributed by atoms with Crippen LogP contribution in [0.15, 0.2) is 59.0 Å². The van der Waals surface area contributed by atoms with E-state index in [0.29, 0.717) is 0 Å². The molecule has 0 saturated carbocycles. The first-order valence-corrected chi connectivity index (χ1v) is 9.98. The van der Waals surface area contributed by atoms with Crippen molar-refractivity contribution in [2.24, 2.45) is 4.40 Å². The van der Waals surface area contributed by atoms with Crippen LogP contribution in [0.25, 0.3) is 0 Å². The zero-order chi connectivity index (χ0) is 17.3. The number of anilines is 1. The molecule has 25 heavy (non-hydrogen) atoms. The van der Waals surface area contributed by atoms with E-state index in [0.717, 1.165) is 43.7 Å². The van der Waals surface area contributed by atoms with Gasteiger partial charge in [-0.05, 0) is 24.5 Å². The number of nitrogens with zero attached hydrogens (tertiary/aromatic N) is 3. The van der Waals surface area contributed by atoms with Crippen molar-refractivity contribution in [1.29, 1.82) is 0 Å². The van der Waals surface area contributed by atoms with Crippen LogP contribution in [0.2, 0.25) is 0 Å². The molecule has 4 rings (SSSR count). The summed E-state index contributed by atoms with van der Waals surface area (Å²) < 4.78 is 30.4. The lowest BCUT2D eigenvalue weighted by atomic mass is 10.0. The fourth-order valence-corrected chi connectivity index (χ4v) is 4.99. The van der Waals surface area contributed by atoms with Crippen molar-refractivity contribution >= 4 is 22.1 Å². The normalized spacial score (nSPS) is 20.4. The number of fused-ring (bicyclic) bond motifs is 1. The average Bonchev–Trinajstić information content (AvgIpc) is 2.63. The largest absolute Gasteiger partial charge is 0.344 e. The number of hydrogen-bond donors (Lipinski definition) is 0. The Balaban J connectivity index is 1.49. The van der Waals surface area contributed by atoms with E-state index in [2.05, 4.69) is 33.6 Å². The molecule has 2 aliphatic rings. The Morgan fingerprint density at radius 2 is 1.64 bits per heavy atom. The Bertz CT molecular complexity index is 873. The van der Waals surface area contributed by atoms with Gasteiger partial charge in [-0.3, -0.25) is 4.90 Å². The van der Waals surface area contributed by atoms with Gasteiger partial charge in [0.25, 0.3) is 0 Å². The molecule has 0 radical (unpaired) electrons. The van der Waals surface area contributed by atoms with Gasteiger partial charge in [0, 0.05) is 31.2 Å². The standard InChI is InChI=1S/C19H21N3O2S/c23-25(24)20-14-17-8-4-5-9-19(17)22(25)18-10-12-21(13-11-18)15-16-6-2-1-3-7-16/h1-9,14,18H,10-13,15H2. The molecule has 0 spiro atoms. The summed E-state index contributed by atoms with van der Waals surface area (Å²) in [5, 5.41) is 0. The lowest BCUT2D eigenvalue weighted by Crippen LogP contribution is -2.48. The summed E-state index contributed by atoms with van der Waals surface area (Å²) in [7, 11) is -3.63. The Kier molecular flexibility index (Phi) is 4.31. The quantitative estimate of drug-likeness (QED) is 0.851. The first-order valence-electron chi connectivity index (χ1n) is 8.58. The van der Waals surface area contributed by atoms with Gasteiger partial charge in [0.05, 0.1) is 11.9 Å². The molecule has 2 aromatic carbocycles. The molecule has 0 N–H and O–H groups in total. The Hall–Kier alpha value is -2.18. The zero-order valence-corrected chi connectivity index (χ0v) is 14.8. The fraction of sp³-hybridized carbons (Fsp3) is 0.316. The van der Waals surface area contributed by atoms with Crippen LogP contribution >= 0.6 is 0 Å². The summed E-state index contributed by atoms with van der Waals surface area (Å²) in [4.78, 5) is 2.39. The first kappa shape index (κ1) is 16.3. The fourth-order valence-electron chi connectivity index (χ4n) is 3.63. The monoisotopic (exact) mass is 355 g/mol. The molecule has 1 fully saturated rings. The third-order valence-corrected chi connectivity index (χ3v) is 6.25. The number of para-hydroxylation sites is 1. The minimum absolute atomic E-state index is 0.0318. The van der Waals surface area contributed by atoms with Crippen LogP contribution in [0.1, 0.15) is 24.0 Å². The highest BCUT2D eigenvalue weighted by Gasteiger charge is 2.35. The predicted molar refractivity (Wildman–Crippen MR) is 100 cm³/mol. The molecule has 6 heteroatoms. The summed E-state index contributed by atoms with van der Waals surface area (Å²) in [6.45, 7) is 2.68. The third kappa shape index (κ3) is 3.32. The van der Waals surface area contributed by atoms with E-state index in [1.54, 1.807) is 0 Å². The first-order chi connectivity index (χ1) is 12.1. The molecule has 1 saturated heterocycles. The molecule has 0 bridgehead atoms. The van der Waals surface area contributed by atoms with Crippen molar-refractivity contribution in [1.82, 2.24) is 4.90 Å². The molecular weight excluding hydrogens is 334 g/mol. The van der Waals surface area contributed by atoms with Gasteiger partial charge in [0.2, 0.25) is 0 Å². The summed E-state index contributed by atoms with van der Waals surface area (Å²) >= 11 is 0. The smallest absolute Gasteiger partial charge is 0.299 e. The van der Waals surface area contributed by atoms with E-state index in [1.165, 1.54) is 16.1 Å². The summed E-state index contributed by atoms with van der Waals surface area (Å²) in [5.41, 5.74) is 2.91. The van der Waals surface area contributed by atoms with Gasteiger partial charge < -0.3 is 0 Å². The van der Waals surface area contributed by atoms with Crippen molar-refractivity contribution in [2.45, 2.75) is 25.4 Å². The Morgan fingerprint density at radius 3 is 2.40 bits per heavy atom. The minimum Gasteiger partial charge on any atom is -0.299 e. The molecular formula is C19H21N3O2S. The van der Waals surface area contributed by atoms with Crippen molar-refractivity contribution in [3.8, 4) is 0 Å². The minimum atomic E-state index is -3.63. The van der Waals surface area contributed by atoms with Gasteiger partial charge in [-0.1, -0.05) is 48.5 Å². The zero-order valence-electron chi connectivity index (χ0n) is 14.0. The molecule has 2 heterocycles. The average molecular weight is 355 g/mol. The highest BCUT2D eigenvalue weighted by molar-refractivity contribution is 7.91. The summed E-state index contributed by atoms with van der Waals surface area (Å²) in [6, 6.07) is 17.9. The van der Waals surface area contributed by atoms with Crippen LogP contribution in [0.3, 0.4) is 0 Å². The molecule has 130 valence electrons. The summed E-state index contributed by atoms with van der Waals surface area (Å²) in [5.74, 6) is 0. The molecule has 0 unspecified atom stereocenters. The van der Waals surface area contributed by atoms with E-state index in [-0.39, 0.29) is 6.04 Å². The third-order valence-electron chi connectivity index (χ3n) is 4.89. The molecule has 2 aliphatic heterocycles. The molecule has 5 nitrogen and oxygen atoms in total. The maximum Gasteiger partial charge on any atom is 0.344 e. The maximum absolute atomic E-state index is 12.5. The van der Waals surface area contributed by atoms with Crippen molar-refractivity contribution in [3.05, 3.63) is 65.7 Å². The van der Waals surface area contributed by atoms with Crippen LogP contribution in [0, 0.1) is 0 Å². The van der Waals surface area contributed by atoms with Gasteiger partial charge in [-0.2, -0.15) is 12.8 Å². The van der Waals surface area contributed by atoms with Crippen molar-refractivity contribution in [3.63, 3.8) is 0 Å². The molecule has 0 aliphatic carbocycles. The van der Waals surface area contributed by atoms with Crippen molar-refractivity contribution < 1.29 is 8.42 Å². The van der Waals surface area contributed by atoms with Gasteiger partial charge >= 0.3 is 10.2 Å².